The number of nitrogens with one attached hydrogen (secondary N) is 1. The van der Waals surface area contributed by atoms with Gasteiger partial charge in [0.2, 0.25) is 0 Å². The van der Waals surface area contributed by atoms with E-state index < -0.39 is 0 Å². The van der Waals surface area contributed by atoms with E-state index in [1.807, 2.05) is 6.92 Å². The Bertz CT molecular complexity index is 187. The molecule has 3 heteroatoms. The van der Waals surface area contributed by atoms with Crippen molar-refractivity contribution in [3.8, 4) is 0 Å². The second-order valence-corrected chi connectivity index (χ2v) is 5.93. The van der Waals surface area contributed by atoms with Crippen LogP contribution in [0.25, 0.3) is 0 Å². The molecule has 0 spiro atoms. The van der Waals surface area contributed by atoms with E-state index >= 15 is 0 Å². The smallest absolute Gasteiger partial charge is 0.0657 e. The third kappa shape index (κ3) is 6.39. The Morgan fingerprint density at radius 2 is 1.71 bits per heavy atom. The van der Waals surface area contributed by atoms with Gasteiger partial charge in [-0.15, -0.1) is 0 Å². The number of hydrogen-bond acceptors (Lipinski definition) is 3. The van der Waals surface area contributed by atoms with Crippen molar-refractivity contribution >= 4 is 0 Å². The molecule has 0 fully saturated rings. The van der Waals surface area contributed by atoms with Gasteiger partial charge in [0.25, 0.3) is 0 Å². The number of nitrogens with two attached hydrogens (primary N) is 1. The van der Waals surface area contributed by atoms with Gasteiger partial charge in [-0.3, -0.25) is 0 Å². The number of rotatable bonds is 9. The zero-order valence-corrected chi connectivity index (χ0v) is 12.5. The molecule has 0 radical (unpaired) electrons. The lowest BCUT2D eigenvalue weighted by Crippen LogP contribution is -2.54. The average molecular weight is 244 g/mol. The molecule has 0 bridgehead atoms. The molecule has 104 valence electrons. The SMILES string of the molecule is CCOCC(C)(CN)NCC(C(C)C)C(C)C. The predicted octanol–water partition coefficient (Wildman–Crippen LogP) is 2.26. The first-order valence-corrected chi connectivity index (χ1v) is 6.89. The first kappa shape index (κ1) is 16.9. The van der Waals surface area contributed by atoms with E-state index in [2.05, 4.69) is 39.9 Å². The van der Waals surface area contributed by atoms with Crippen molar-refractivity contribution in [1.29, 1.82) is 0 Å². The lowest BCUT2D eigenvalue weighted by molar-refractivity contribution is 0.0817. The fourth-order valence-corrected chi connectivity index (χ4v) is 2.11. The molecule has 0 saturated heterocycles. The van der Waals surface area contributed by atoms with Gasteiger partial charge in [0.15, 0.2) is 0 Å². The summed E-state index contributed by atoms with van der Waals surface area (Å²) in [5.41, 5.74) is 5.74. The van der Waals surface area contributed by atoms with Crippen LogP contribution in [0.15, 0.2) is 0 Å². The minimum absolute atomic E-state index is 0.0992. The molecule has 0 saturated carbocycles. The highest BCUT2D eigenvalue weighted by molar-refractivity contribution is 4.85. The number of hydrogen-bond donors (Lipinski definition) is 2. The Labute approximate surface area is 107 Å². The second kappa shape index (κ2) is 8.06. The maximum atomic E-state index is 5.84. The Balaban J connectivity index is 4.27. The zero-order chi connectivity index (χ0) is 13.5. The van der Waals surface area contributed by atoms with Crippen LogP contribution in [0.3, 0.4) is 0 Å². The van der Waals surface area contributed by atoms with Gasteiger partial charge in [0, 0.05) is 13.2 Å². The highest BCUT2D eigenvalue weighted by Gasteiger charge is 2.25. The van der Waals surface area contributed by atoms with E-state index in [0.29, 0.717) is 30.9 Å². The molecule has 17 heavy (non-hydrogen) atoms. The first-order chi connectivity index (χ1) is 7.86. The van der Waals surface area contributed by atoms with Crippen molar-refractivity contribution in [2.45, 2.75) is 47.1 Å². The third-order valence-electron chi connectivity index (χ3n) is 3.55. The highest BCUT2D eigenvalue weighted by Crippen LogP contribution is 2.20. The minimum Gasteiger partial charge on any atom is -0.380 e. The van der Waals surface area contributed by atoms with Crippen LogP contribution in [0.4, 0.5) is 0 Å². The topological polar surface area (TPSA) is 47.3 Å². The van der Waals surface area contributed by atoms with Gasteiger partial charge < -0.3 is 15.8 Å². The Hall–Kier alpha value is -0.120. The van der Waals surface area contributed by atoms with Crippen LogP contribution in [0.1, 0.15) is 41.5 Å². The van der Waals surface area contributed by atoms with E-state index in [9.17, 15) is 0 Å². The van der Waals surface area contributed by atoms with Crippen LogP contribution in [-0.2, 0) is 4.74 Å². The molecule has 0 heterocycles. The monoisotopic (exact) mass is 244 g/mol. The van der Waals surface area contributed by atoms with Crippen molar-refractivity contribution in [3.05, 3.63) is 0 Å². The van der Waals surface area contributed by atoms with Crippen molar-refractivity contribution < 1.29 is 4.74 Å². The molecule has 0 amide bonds. The van der Waals surface area contributed by atoms with Gasteiger partial charge in [-0.1, -0.05) is 27.7 Å². The van der Waals surface area contributed by atoms with E-state index in [4.69, 9.17) is 10.5 Å². The first-order valence-electron chi connectivity index (χ1n) is 6.89. The van der Waals surface area contributed by atoms with Crippen molar-refractivity contribution in [2.75, 3.05) is 26.3 Å². The Kier molecular flexibility index (Phi) is 8.01. The summed E-state index contributed by atoms with van der Waals surface area (Å²) in [6, 6.07) is 0. The molecular weight excluding hydrogens is 212 g/mol. The van der Waals surface area contributed by atoms with Crippen LogP contribution in [0, 0.1) is 17.8 Å². The highest BCUT2D eigenvalue weighted by atomic mass is 16.5. The molecule has 1 atom stereocenters. The summed E-state index contributed by atoms with van der Waals surface area (Å²) in [6.07, 6.45) is 0. The third-order valence-corrected chi connectivity index (χ3v) is 3.55. The Morgan fingerprint density at radius 3 is 2.06 bits per heavy atom. The zero-order valence-electron chi connectivity index (χ0n) is 12.5. The molecule has 0 aliphatic heterocycles. The normalized spacial score (nSPS) is 15.9. The van der Waals surface area contributed by atoms with Crippen LogP contribution in [-0.4, -0.2) is 31.8 Å². The largest absolute Gasteiger partial charge is 0.380 e. The maximum absolute atomic E-state index is 5.84. The predicted molar refractivity (Wildman–Crippen MR) is 75.1 cm³/mol. The van der Waals surface area contributed by atoms with Gasteiger partial charge >= 0.3 is 0 Å². The summed E-state index contributed by atoms with van der Waals surface area (Å²) >= 11 is 0. The van der Waals surface area contributed by atoms with E-state index in [-0.39, 0.29) is 5.54 Å². The average Bonchev–Trinajstić information content (AvgIpc) is 2.25. The van der Waals surface area contributed by atoms with Crippen LogP contribution in [0.2, 0.25) is 0 Å². The minimum atomic E-state index is -0.0992. The van der Waals surface area contributed by atoms with Gasteiger partial charge in [0.1, 0.15) is 0 Å². The van der Waals surface area contributed by atoms with Crippen LogP contribution >= 0.6 is 0 Å². The molecule has 0 aromatic carbocycles. The maximum Gasteiger partial charge on any atom is 0.0657 e. The molecule has 0 aromatic heterocycles. The molecule has 0 aliphatic carbocycles. The van der Waals surface area contributed by atoms with Gasteiger partial charge in [-0.2, -0.15) is 0 Å². The quantitative estimate of drug-likeness (QED) is 0.654. The molecule has 3 nitrogen and oxygen atoms in total. The second-order valence-electron chi connectivity index (χ2n) is 5.93. The fourth-order valence-electron chi connectivity index (χ4n) is 2.11. The summed E-state index contributed by atoms with van der Waals surface area (Å²) in [5.74, 6) is 2.07. The molecule has 1 unspecified atom stereocenters. The Morgan fingerprint density at radius 1 is 1.18 bits per heavy atom. The van der Waals surface area contributed by atoms with Gasteiger partial charge in [-0.05, 0) is 38.1 Å². The summed E-state index contributed by atoms with van der Waals surface area (Å²) in [7, 11) is 0. The molecular formula is C14H32N2O. The van der Waals surface area contributed by atoms with Gasteiger partial charge in [-0.25, -0.2) is 0 Å². The summed E-state index contributed by atoms with van der Waals surface area (Å²) in [4.78, 5) is 0. The van der Waals surface area contributed by atoms with E-state index in [1.54, 1.807) is 0 Å². The molecule has 0 rings (SSSR count). The summed E-state index contributed by atoms with van der Waals surface area (Å²) in [5, 5.41) is 3.59. The fraction of sp³-hybridized carbons (Fsp3) is 1.00. The lowest BCUT2D eigenvalue weighted by atomic mass is 9.85. The molecule has 0 aromatic rings. The van der Waals surface area contributed by atoms with E-state index in [1.165, 1.54) is 0 Å². The lowest BCUT2D eigenvalue weighted by Gasteiger charge is -2.34. The van der Waals surface area contributed by atoms with E-state index in [0.717, 1.165) is 13.2 Å². The van der Waals surface area contributed by atoms with Crippen LogP contribution in [0.5, 0.6) is 0 Å². The van der Waals surface area contributed by atoms with Crippen molar-refractivity contribution in [3.63, 3.8) is 0 Å². The van der Waals surface area contributed by atoms with Crippen molar-refractivity contribution in [2.24, 2.45) is 23.5 Å². The summed E-state index contributed by atoms with van der Waals surface area (Å²) < 4.78 is 5.50. The van der Waals surface area contributed by atoms with Crippen LogP contribution < -0.4 is 11.1 Å². The van der Waals surface area contributed by atoms with Gasteiger partial charge in [0.05, 0.1) is 12.1 Å². The standard InChI is InChI=1S/C14H32N2O/c1-7-17-10-14(6,9-15)16-8-13(11(2)3)12(4)5/h11-13,16H,7-10,15H2,1-6H3. The van der Waals surface area contributed by atoms with Crippen molar-refractivity contribution in [1.82, 2.24) is 5.32 Å². The summed E-state index contributed by atoms with van der Waals surface area (Å²) in [6.45, 7) is 16.3. The molecule has 0 aliphatic rings. The molecule has 3 N–H and O–H groups in total. The number of ether oxygens (including phenoxy) is 1.